The second-order valence-corrected chi connectivity index (χ2v) is 5.68. The van der Waals surface area contributed by atoms with E-state index in [-0.39, 0.29) is 5.43 Å². The molecule has 0 N–H and O–H groups in total. The predicted molar refractivity (Wildman–Crippen MR) is 93.8 cm³/mol. The summed E-state index contributed by atoms with van der Waals surface area (Å²) in [6.07, 6.45) is 1.60. The second-order valence-electron chi connectivity index (χ2n) is 5.68. The summed E-state index contributed by atoms with van der Waals surface area (Å²) in [5, 5.41) is 3.67. The van der Waals surface area contributed by atoms with E-state index >= 15 is 0 Å². The van der Waals surface area contributed by atoms with E-state index in [9.17, 15) is 4.79 Å². The first kappa shape index (κ1) is 13.2. The standard InChI is InChI=1S/C20H12O4/c1-22-14-7-4-8-15-16(14)18(21)17-19-13(9-10-23-19)11-5-2-3-6-12(11)20(17)24-15/h2-10H,1H3. The first-order valence-corrected chi connectivity index (χ1v) is 7.61. The summed E-state index contributed by atoms with van der Waals surface area (Å²) in [4.78, 5) is 13.2. The molecule has 4 nitrogen and oxygen atoms in total. The van der Waals surface area contributed by atoms with E-state index in [2.05, 4.69) is 0 Å². The molecule has 116 valence electrons. The van der Waals surface area contributed by atoms with Crippen molar-refractivity contribution >= 4 is 43.7 Å². The Kier molecular flexibility index (Phi) is 2.54. The summed E-state index contributed by atoms with van der Waals surface area (Å²) >= 11 is 0. The lowest BCUT2D eigenvalue weighted by Crippen LogP contribution is -2.04. The molecule has 0 spiro atoms. The molecule has 0 atom stereocenters. The Morgan fingerprint density at radius 3 is 2.46 bits per heavy atom. The van der Waals surface area contributed by atoms with Crippen LogP contribution in [0.2, 0.25) is 0 Å². The Hall–Kier alpha value is -3.27. The summed E-state index contributed by atoms with van der Waals surface area (Å²) in [6.45, 7) is 0. The average molecular weight is 316 g/mol. The Bertz CT molecular complexity index is 1310. The second kappa shape index (κ2) is 4.61. The minimum absolute atomic E-state index is 0.144. The van der Waals surface area contributed by atoms with Crippen LogP contribution in [-0.4, -0.2) is 7.11 Å². The van der Waals surface area contributed by atoms with Crippen LogP contribution in [0.25, 0.3) is 43.7 Å². The molecule has 2 heterocycles. The molecule has 0 saturated heterocycles. The third kappa shape index (κ3) is 1.55. The minimum atomic E-state index is -0.144. The summed E-state index contributed by atoms with van der Waals surface area (Å²) < 4.78 is 17.1. The highest BCUT2D eigenvalue weighted by atomic mass is 16.5. The fourth-order valence-corrected chi connectivity index (χ4v) is 3.41. The molecule has 0 aliphatic carbocycles. The molecule has 5 aromatic rings. The zero-order valence-electron chi connectivity index (χ0n) is 12.8. The van der Waals surface area contributed by atoms with Gasteiger partial charge < -0.3 is 13.6 Å². The Balaban J connectivity index is 2.19. The van der Waals surface area contributed by atoms with Crippen LogP contribution in [-0.2, 0) is 0 Å². The van der Waals surface area contributed by atoms with Gasteiger partial charge in [-0.3, -0.25) is 4.79 Å². The highest BCUT2D eigenvalue weighted by molar-refractivity contribution is 6.23. The van der Waals surface area contributed by atoms with Crippen molar-refractivity contribution in [3.63, 3.8) is 0 Å². The maximum Gasteiger partial charge on any atom is 0.208 e. The molecule has 5 rings (SSSR count). The van der Waals surface area contributed by atoms with Gasteiger partial charge in [-0.15, -0.1) is 0 Å². The zero-order chi connectivity index (χ0) is 16.3. The molecule has 0 fully saturated rings. The number of benzene rings is 3. The molecule has 0 saturated carbocycles. The van der Waals surface area contributed by atoms with Gasteiger partial charge in [0.25, 0.3) is 0 Å². The fourth-order valence-electron chi connectivity index (χ4n) is 3.41. The highest BCUT2D eigenvalue weighted by Crippen LogP contribution is 2.36. The van der Waals surface area contributed by atoms with Gasteiger partial charge in [0.1, 0.15) is 33.3 Å². The SMILES string of the molecule is COc1cccc2oc3c4ccccc4c4ccoc4c3c(=O)c12. The molecular formula is C20H12O4. The first-order chi connectivity index (χ1) is 11.8. The van der Waals surface area contributed by atoms with Crippen LogP contribution in [0.5, 0.6) is 5.75 Å². The van der Waals surface area contributed by atoms with Gasteiger partial charge in [-0.25, -0.2) is 0 Å². The Labute approximate surface area is 135 Å². The van der Waals surface area contributed by atoms with E-state index in [0.29, 0.717) is 33.3 Å². The van der Waals surface area contributed by atoms with Crippen molar-refractivity contribution in [2.45, 2.75) is 0 Å². The molecule has 0 bridgehead atoms. The topological polar surface area (TPSA) is 52.6 Å². The first-order valence-electron chi connectivity index (χ1n) is 7.61. The summed E-state index contributed by atoms with van der Waals surface area (Å²) in [6, 6.07) is 15.1. The van der Waals surface area contributed by atoms with Crippen LogP contribution in [0.1, 0.15) is 0 Å². The maximum absolute atomic E-state index is 13.2. The van der Waals surface area contributed by atoms with Crippen LogP contribution >= 0.6 is 0 Å². The molecule has 0 aliphatic rings. The average Bonchev–Trinajstić information content (AvgIpc) is 3.11. The van der Waals surface area contributed by atoms with E-state index in [1.165, 1.54) is 0 Å². The molecule has 0 aliphatic heterocycles. The van der Waals surface area contributed by atoms with Crippen LogP contribution in [0.3, 0.4) is 0 Å². The van der Waals surface area contributed by atoms with Gasteiger partial charge in [0.15, 0.2) is 0 Å². The lowest BCUT2D eigenvalue weighted by atomic mass is 10.0. The van der Waals surface area contributed by atoms with E-state index in [1.54, 1.807) is 25.5 Å². The molecular weight excluding hydrogens is 304 g/mol. The lowest BCUT2D eigenvalue weighted by molar-refractivity contribution is 0.419. The summed E-state index contributed by atoms with van der Waals surface area (Å²) in [7, 11) is 1.54. The maximum atomic E-state index is 13.2. The molecule has 0 radical (unpaired) electrons. The molecule has 4 heteroatoms. The van der Waals surface area contributed by atoms with E-state index < -0.39 is 0 Å². The predicted octanol–water partition coefficient (Wildman–Crippen LogP) is 4.85. The fraction of sp³-hybridized carbons (Fsp3) is 0.0500. The van der Waals surface area contributed by atoms with Crippen molar-refractivity contribution in [1.29, 1.82) is 0 Å². The van der Waals surface area contributed by atoms with Crippen LogP contribution in [0, 0.1) is 0 Å². The van der Waals surface area contributed by atoms with E-state index in [4.69, 9.17) is 13.6 Å². The molecule has 0 unspecified atom stereocenters. The van der Waals surface area contributed by atoms with E-state index in [0.717, 1.165) is 16.2 Å². The number of hydrogen-bond acceptors (Lipinski definition) is 4. The molecule has 2 aromatic heterocycles. The van der Waals surface area contributed by atoms with Gasteiger partial charge in [0.2, 0.25) is 5.43 Å². The van der Waals surface area contributed by atoms with E-state index in [1.807, 2.05) is 36.4 Å². The third-order valence-corrected chi connectivity index (χ3v) is 4.46. The number of fused-ring (bicyclic) bond motifs is 7. The molecule has 0 amide bonds. The van der Waals surface area contributed by atoms with Crippen molar-refractivity contribution in [1.82, 2.24) is 0 Å². The largest absolute Gasteiger partial charge is 0.496 e. The van der Waals surface area contributed by atoms with Crippen molar-refractivity contribution < 1.29 is 13.6 Å². The van der Waals surface area contributed by atoms with Crippen LogP contribution < -0.4 is 10.2 Å². The Morgan fingerprint density at radius 1 is 0.833 bits per heavy atom. The number of rotatable bonds is 1. The quantitative estimate of drug-likeness (QED) is 0.327. The summed E-state index contributed by atoms with van der Waals surface area (Å²) in [5.74, 6) is 0.496. The third-order valence-electron chi connectivity index (χ3n) is 4.46. The smallest absolute Gasteiger partial charge is 0.208 e. The van der Waals surface area contributed by atoms with Crippen molar-refractivity contribution in [2.24, 2.45) is 0 Å². The van der Waals surface area contributed by atoms with Gasteiger partial charge in [0.05, 0.1) is 13.4 Å². The van der Waals surface area contributed by atoms with Crippen LogP contribution in [0.15, 0.2) is 68.4 Å². The molecule has 24 heavy (non-hydrogen) atoms. The van der Waals surface area contributed by atoms with Crippen molar-refractivity contribution in [3.8, 4) is 5.75 Å². The lowest BCUT2D eigenvalue weighted by Gasteiger charge is -2.08. The van der Waals surface area contributed by atoms with Crippen LogP contribution in [0.4, 0.5) is 0 Å². The number of methoxy groups -OCH3 is 1. The number of ether oxygens (including phenoxy) is 1. The van der Waals surface area contributed by atoms with Gasteiger partial charge >= 0.3 is 0 Å². The Morgan fingerprint density at radius 2 is 1.62 bits per heavy atom. The monoisotopic (exact) mass is 316 g/mol. The molecule has 3 aromatic carbocycles. The minimum Gasteiger partial charge on any atom is -0.496 e. The van der Waals surface area contributed by atoms with Gasteiger partial charge in [-0.2, -0.15) is 0 Å². The van der Waals surface area contributed by atoms with Gasteiger partial charge in [0, 0.05) is 10.8 Å². The number of hydrogen-bond donors (Lipinski definition) is 0. The van der Waals surface area contributed by atoms with Gasteiger partial charge in [-0.05, 0) is 23.6 Å². The van der Waals surface area contributed by atoms with Gasteiger partial charge in [-0.1, -0.05) is 30.3 Å². The zero-order valence-corrected chi connectivity index (χ0v) is 12.8. The van der Waals surface area contributed by atoms with Crippen molar-refractivity contribution in [3.05, 3.63) is 65.0 Å². The normalized spacial score (nSPS) is 11.7. The highest BCUT2D eigenvalue weighted by Gasteiger charge is 2.19. The number of furan rings is 1. The van der Waals surface area contributed by atoms with Crippen molar-refractivity contribution in [2.75, 3.05) is 7.11 Å². The summed E-state index contributed by atoms with van der Waals surface area (Å²) in [5.41, 5.74) is 1.45.